The van der Waals surface area contributed by atoms with E-state index in [2.05, 4.69) is 5.10 Å². The molecule has 0 spiro atoms. The van der Waals surface area contributed by atoms with Crippen molar-refractivity contribution in [2.45, 2.75) is 0 Å². The number of hydrogen-bond donors (Lipinski definition) is 2. The third kappa shape index (κ3) is 0.877. The second kappa shape index (κ2) is 1.97. The van der Waals surface area contributed by atoms with E-state index in [4.69, 9.17) is 11.6 Å². The van der Waals surface area contributed by atoms with Crippen molar-refractivity contribution in [1.29, 1.82) is 0 Å². The van der Waals surface area contributed by atoms with Crippen molar-refractivity contribution < 1.29 is 0 Å². The molecule has 4 N–H and O–H groups in total. The van der Waals surface area contributed by atoms with Crippen molar-refractivity contribution in [3.05, 3.63) is 0 Å². The zero-order valence-corrected chi connectivity index (χ0v) is 4.49. The second-order valence-corrected chi connectivity index (χ2v) is 1.58. The van der Waals surface area contributed by atoms with Crippen LogP contribution in [0, 0.1) is 0 Å². The Balaban J connectivity index is 2.34. The second-order valence-electron chi connectivity index (χ2n) is 1.58. The molecule has 0 aromatic heterocycles. The predicted molar refractivity (Wildman–Crippen MR) is 30.3 cm³/mol. The monoisotopic (exact) mass is 115 g/mol. The van der Waals surface area contributed by atoms with Gasteiger partial charge in [-0.3, -0.25) is 10.0 Å². The summed E-state index contributed by atoms with van der Waals surface area (Å²) < 4.78 is 0. The average molecular weight is 115 g/mol. The first-order chi connectivity index (χ1) is 3.83. The Labute approximate surface area is 47.5 Å². The Hall–Kier alpha value is -0.810. The summed E-state index contributed by atoms with van der Waals surface area (Å²) >= 11 is 0. The topological polar surface area (TPSA) is 70.9 Å². The van der Waals surface area contributed by atoms with Crippen LogP contribution in [0.2, 0.25) is 0 Å². The molecule has 1 heterocycles. The largest absolute Gasteiger partial charge is 0.313 e. The Morgan fingerprint density at radius 2 is 2.50 bits per heavy atom. The van der Waals surface area contributed by atoms with Crippen LogP contribution < -0.4 is 11.6 Å². The van der Waals surface area contributed by atoms with Gasteiger partial charge in [-0.15, -0.1) is 0 Å². The fourth-order valence-corrected chi connectivity index (χ4v) is 0.506. The first-order valence-electron chi connectivity index (χ1n) is 2.33. The van der Waals surface area contributed by atoms with Crippen LogP contribution in [0.5, 0.6) is 0 Å². The molecular formula is C3H9N5. The van der Waals surface area contributed by atoms with Gasteiger partial charge in [0, 0.05) is 0 Å². The summed E-state index contributed by atoms with van der Waals surface area (Å²) in [5.41, 5.74) is 5.23. The highest BCUT2D eigenvalue weighted by Gasteiger charge is 2.06. The number of hydrazone groups is 1. The first kappa shape index (κ1) is 5.33. The van der Waals surface area contributed by atoms with Crippen LogP contribution in [0.25, 0.3) is 0 Å². The molecule has 1 aliphatic rings. The maximum absolute atomic E-state index is 5.29. The average Bonchev–Trinajstić information content (AvgIpc) is 2.14. The predicted octanol–water partition coefficient (Wildman–Crippen LogP) is -1.71. The number of hydrogen-bond acceptors (Lipinski definition) is 5. The molecule has 0 saturated carbocycles. The van der Waals surface area contributed by atoms with Crippen molar-refractivity contribution in [1.82, 2.24) is 10.0 Å². The first-order valence-corrected chi connectivity index (χ1v) is 2.33. The van der Waals surface area contributed by atoms with Crippen LogP contribution in [0.15, 0.2) is 5.10 Å². The lowest BCUT2D eigenvalue weighted by Gasteiger charge is -2.11. The fourth-order valence-electron chi connectivity index (χ4n) is 0.506. The molecule has 0 fully saturated rings. The Kier molecular flexibility index (Phi) is 1.32. The molecule has 1 rings (SSSR count). The molecule has 0 amide bonds. The lowest BCUT2D eigenvalue weighted by atomic mass is 10.9. The number of hydrazine groups is 1. The summed E-state index contributed by atoms with van der Waals surface area (Å²) in [7, 11) is 0. The number of nitrogens with zero attached hydrogens (tertiary/aromatic N) is 3. The smallest absolute Gasteiger partial charge is 0.127 e. The SMILES string of the molecule is NCN1CN(N)C=N1. The minimum atomic E-state index is 0.421. The molecule has 0 radical (unpaired) electrons. The summed E-state index contributed by atoms with van der Waals surface area (Å²) in [6.45, 7) is 1.01. The molecule has 0 bridgehead atoms. The van der Waals surface area contributed by atoms with Gasteiger partial charge in [0.1, 0.15) is 13.0 Å². The summed E-state index contributed by atoms with van der Waals surface area (Å²) in [6, 6.07) is 0. The quantitative estimate of drug-likeness (QED) is 0.399. The van der Waals surface area contributed by atoms with Crippen LogP contribution in [0.3, 0.4) is 0 Å². The molecule has 5 nitrogen and oxygen atoms in total. The molecular weight excluding hydrogens is 106 g/mol. The van der Waals surface area contributed by atoms with Crippen LogP contribution in [0.4, 0.5) is 0 Å². The van der Waals surface area contributed by atoms with Gasteiger partial charge in [-0.25, -0.2) is 5.84 Å². The highest BCUT2D eigenvalue weighted by atomic mass is 15.6. The van der Waals surface area contributed by atoms with Gasteiger partial charge in [-0.05, 0) is 0 Å². The maximum Gasteiger partial charge on any atom is 0.127 e. The van der Waals surface area contributed by atoms with Crippen molar-refractivity contribution in [3.8, 4) is 0 Å². The Bertz CT molecular complexity index is 99.8. The van der Waals surface area contributed by atoms with Gasteiger partial charge >= 0.3 is 0 Å². The zero-order valence-electron chi connectivity index (χ0n) is 4.49. The highest BCUT2D eigenvalue weighted by molar-refractivity contribution is 5.54. The fraction of sp³-hybridized carbons (Fsp3) is 0.667. The van der Waals surface area contributed by atoms with Gasteiger partial charge in [0.2, 0.25) is 0 Å². The molecule has 0 aromatic rings. The van der Waals surface area contributed by atoms with E-state index >= 15 is 0 Å². The van der Waals surface area contributed by atoms with E-state index < -0.39 is 0 Å². The summed E-state index contributed by atoms with van der Waals surface area (Å²) in [5, 5.41) is 6.94. The molecule has 46 valence electrons. The lowest BCUT2D eigenvalue weighted by Crippen LogP contribution is -2.34. The van der Waals surface area contributed by atoms with E-state index in [0.717, 1.165) is 0 Å². The Morgan fingerprint density at radius 1 is 1.75 bits per heavy atom. The molecule has 0 atom stereocenters. The van der Waals surface area contributed by atoms with Crippen molar-refractivity contribution in [3.63, 3.8) is 0 Å². The van der Waals surface area contributed by atoms with E-state index in [1.54, 1.807) is 5.01 Å². The summed E-state index contributed by atoms with van der Waals surface area (Å²) in [4.78, 5) is 0. The van der Waals surface area contributed by atoms with E-state index in [1.165, 1.54) is 11.3 Å². The van der Waals surface area contributed by atoms with Crippen LogP contribution in [-0.4, -0.2) is 29.7 Å². The van der Waals surface area contributed by atoms with E-state index in [9.17, 15) is 0 Å². The van der Waals surface area contributed by atoms with Crippen LogP contribution in [-0.2, 0) is 0 Å². The molecule has 0 aromatic carbocycles. The minimum Gasteiger partial charge on any atom is -0.313 e. The van der Waals surface area contributed by atoms with Gasteiger partial charge in [-0.2, -0.15) is 5.10 Å². The summed E-state index contributed by atoms with van der Waals surface area (Å²) in [6.07, 6.45) is 1.53. The Morgan fingerprint density at radius 3 is 2.75 bits per heavy atom. The molecule has 0 saturated heterocycles. The van der Waals surface area contributed by atoms with Gasteiger partial charge in [0.25, 0.3) is 0 Å². The molecule has 0 unspecified atom stereocenters. The van der Waals surface area contributed by atoms with Crippen molar-refractivity contribution in [2.75, 3.05) is 13.3 Å². The zero-order chi connectivity index (χ0) is 5.98. The minimum absolute atomic E-state index is 0.421. The number of rotatable bonds is 1. The highest BCUT2D eigenvalue weighted by Crippen LogP contribution is 1.92. The van der Waals surface area contributed by atoms with Crippen molar-refractivity contribution in [2.24, 2.45) is 16.7 Å². The van der Waals surface area contributed by atoms with E-state index in [0.29, 0.717) is 13.3 Å². The number of nitrogens with two attached hydrogens (primary N) is 2. The maximum atomic E-state index is 5.29. The van der Waals surface area contributed by atoms with Crippen molar-refractivity contribution >= 4 is 6.34 Å². The van der Waals surface area contributed by atoms with Gasteiger partial charge in [0.05, 0.1) is 6.67 Å². The molecule has 8 heavy (non-hydrogen) atoms. The third-order valence-electron chi connectivity index (χ3n) is 0.901. The lowest BCUT2D eigenvalue weighted by molar-refractivity contribution is 0.243. The van der Waals surface area contributed by atoms with Crippen LogP contribution >= 0.6 is 0 Å². The molecule has 5 heteroatoms. The van der Waals surface area contributed by atoms with E-state index in [1.807, 2.05) is 0 Å². The van der Waals surface area contributed by atoms with E-state index in [-0.39, 0.29) is 0 Å². The van der Waals surface area contributed by atoms with Crippen LogP contribution in [0.1, 0.15) is 0 Å². The molecule has 0 aliphatic carbocycles. The van der Waals surface area contributed by atoms with Gasteiger partial charge in [0.15, 0.2) is 0 Å². The molecule has 1 aliphatic heterocycles. The standard InChI is InChI=1S/C3H9N5/c4-1-8-3-7(5)2-6-8/h2H,1,3-5H2. The third-order valence-corrected chi connectivity index (χ3v) is 0.901. The van der Waals surface area contributed by atoms with Gasteiger partial charge in [-0.1, -0.05) is 0 Å². The summed E-state index contributed by atoms with van der Waals surface area (Å²) in [5.74, 6) is 5.29. The van der Waals surface area contributed by atoms with Gasteiger partial charge < -0.3 is 5.73 Å². The normalized spacial score (nSPS) is 18.2.